The molecule has 1 atom stereocenters. The van der Waals surface area contributed by atoms with Gasteiger partial charge < -0.3 is 4.90 Å². The summed E-state index contributed by atoms with van der Waals surface area (Å²) in [5.41, 5.74) is -0.473. The number of carbonyl (C=O) groups is 2. The lowest BCUT2D eigenvalue weighted by atomic mass is 9.89. The third-order valence-corrected chi connectivity index (χ3v) is 5.31. The number of nitrogens with zero attached hydrogens (tertiary/aromatic N) is 1. The molecule has 0 aromatic heterocycles. The summed E-state index contributed by atoms with van der Waals surface area (Å²) in [4.78, 5) is 27.0. The van der Waals surface area contributed by atoms with Crippen LogP contribution in [-0.2, 0) is 11.0 Å². The third kappa shape index (κ3) is 4.05. The van der Waals surface area contributed by atoms with Crippen LogP contribution in [0.5, 0.6) is 0 Å². The van der Waals surface area contributed by atoms with E-state index in [9.17, 15) is 22.8 Å². The van der Waals surface area contributed by atoms with Crippen LogP contribution in [0.2, 0.25) is 0 Å². The minimum atomic E-state index is -4.41. The van der Waals surface area contributed by atoms with E-state index in [0.29, 0.717) is 19.5 Å². The quantitative estimate of drug-likeness (QED) is 0.759. The first kappa shape index (κ1) is 18.0. The predicted octanol–water partition coefficient (Wildman–Crippen LogP) is 4.32. The smallest absolute Gasteiger partial charge is 0.342 e. The molecule has 1 aliphatic heterocycles. The van der Waals surface area contributed by atoms with Crippen molar-refractivity contribution in [2.75, 3.05) is 13.1 Å². The lowest BCUT2D eigenvalue weighted by Gasteiger charge is -2.33. The summed E-state index contributed by atoms with van der Waals surface area (Å²) in [6, 6.07) is 4.36. The number of amides is 1. The Morgan fingerprint density at radius 3 is 2.12 bits per heavy atom. The Kier molecular flexibility index (Phi) is 5.16. The van der Waals surface area contributed by atoms with Crippen molar-refractivity contribution in [3.8, 4) is 0 Å². The number of likely N-dealkylation sites (tertiary alicyclic amines) is 1. The molecule has 3 rings (SSSR count). The van der Waals surface area contributed by atoms with Crippen LogP contribution in [0.4, 0.5) is 13.2 Å². The summed E-state index contributed by atoms with van der Waals surface area (Å²) in [5.74, 6) is -0.268. The average Bonchev–Trinajstić information content (AvgIpc) is 3.14. The highest BCUT2D eigenvalue weighted by atomic mass is 19.4. The predicted molar refractivity (Wildman–Crippen MR) is 87.0 cm³/mol. The van der Waals surface area contributed by atoms with Gasteiger partial charge in [0.15, 0.2) is 5.78 Å². The molecule has 6 heteroatoms. The van der Waals surface area contributed by atoms with E-state index in [2.05, 4.69) is 0 Å². The maximum atomic E-state index is 12.6. The zero-order valence-corrected chi connectivity index (χ0v) is 14.0. The van der Waals surface area contributed by atoms with Gasteiger partial charge >= 0.3 is 6.18 Å². The number of benzene rings is 1. The number of Topliss-reactive ketones (excluding diaryl/α,β-unsaturated/α-hetero) is 1. The summed E-state index contributed by atoms with van der Waals surface area (Å²) >= 11 is 0. The van der Waals surface area contributed by atoms with Crippen molar-refractivity contribution in [2.45, 2.75) is 44.7 Å². The zero-order valence-electron chi connectivity index (χ0n) is 14.0. The van der Waals surface area contributed by atoms with Crippen molar-refractivity contribution in [1.29, 1.82) is 0 Å². The van der Waals surface area contributed by atoms with E-state index in [4.69, 9.17) is 0 Å². The van der Waals surface area contributed by atoms with Crippen LogP contribution < -0.4 is 0 Å². The fraction of sp³-hybridized carbons (Fsp3) is 0.579. The van der Waals surface area contributed by atoms with Gasteiger partial charge in [-0.25, -0.2) is 0 Å². The van der Waals surface area contributed by atoms with Gasteiger partial charge in [0.2, 0.25) is 5.91 Å². The molecule has 1 saturated carbocycles. The minimum absolute atomic E-state index is 0.0833. The second-order valence-corrected chi connectivity index (χ2v) is 7.04. The van der Waals surface area contributed by atoms with Crippen LogP contribution >= 0.6 is 0 Å². The lowest BCUT2D eigenvalue weighted by Crippen LogP contribution is -2.44. The molecule has 3 nitrogen and oxygen atoms in total. The van der Waals surface area contributed by atoms with E-state index in [1.54, 1.807) is 4.90 Å². The molecule has 1 saturated heterocycles. The van der Waals surface area contributed by atoms with Gasteiger partial charge in [-0.05, 0) is 37.8 Å². The van der Waals surface area contributed by atoms with E-state index < -0.39 is 11.7 Å². The molecular formula is C19H22F3NO2. The van der Waals surface area contributed by atoms with E-state index in [-0.39, 0.29) is 29.1 Å². The van der Waals surface area contributed by atoms with E-state index in [0.717, 1.165) is 44.2 Å². The molecule has 0 unspecified atom stereocenters. The Hall–Kier alpha value is -1.85. The highest BCUT2D eigenvalue weighted by molar-refractivity contribution is 5.98. The second kappa shape index (κ2) is 7.18. The number of halogens is 3. The lowest BCUT2D eigenvalue weighted by molar-refractivity contribution is -0.138. The summed E-state index contributed by atoms with van der Waals surface area (Å²) < 4.78 is 37.9. The van der Waals surface area contributed by atoms with E-state index >= 15 is 0 Å². The fourth-order valence-electron chi connectivity index (χ4n) is 3.88. The van der Waals surface area contributed by atoms with Gasteiger partial charge in [0.1, 0.15) is 0 Å². The summed E-state index contributed by atoms with van der Waals surface area (Å²) in [7, 11) is 0. The van der Waals surface area contributed by atoms with Gasteiger partial charge in [-0.2, -0.15) is 13.2 Å². The van der Waals surface area contributed by atoms with Gasteiger partial charge in [0, 0.05) is 30.5 Å². The van der Waals surface area contributed by atoms with Crippen LogP contribution in [-0.4, -0.2) is 29.7 Å². The molecule has 0 bridgehead atoms. The molecule has 1 heterocycles. The topological polar surface area (TPSA) is 37.4 Å². The Bertz CT molecular complexity index is 633. The van der Waals surface area contributed by atoms with E-state index in [1.807, 2.05) is 0 Å². The van der Waals surface area contributed by atoms with Gasteiger partial charge in [-0.15, -0.1) is 0 Å². The molecule has 2 fully saturated rings. The van der Waals surface area contributed by atoms with Crippen LogP contribution in [0.1, 0.15) is 54.4 Å². The van der Waals surface area contributed by atoms with Gasteiger partial charge in [-0.1, -0.05) is 25.0 Å². The summed E-state index contributed by atoms with van der Waals surface area (Å²) in [6.07, 6.45) is 1.04. The number of hydrogen-bond donors (Lipinski definition) is 0. The highest BCUT2D eigenvalue weighted by Crippen LogP contribution is 2.31. The molecule has 1 aliphatic carbocycles. The molecule has 1 aromatic carbocycles. The second-order valence-electron chi connectivity index (χ2n) is 7.04. The molecule has 0 N–H and O–H groups in total. The molecule has 136 valence electrons. The van der Waals surface area contributed by atoms with Gasteiger partial charge in [0.05, 0.1) is 5.56 Å². The largest absolute Gasteiger partial charge is 0.416 e. The van der Waals surface area contributed by atoms with E-state index in [1.165, 1.54) is 12.1 Å². The molecule has 1 aromatic rings. The monoisotopic (exact) mass is 353 g/mol. The average molecular weight is 353 g/mol. The maximum absolute atomic E-state index is 12.6. The number of rotatable bonds is 3. The number of hydrogen-bond acceptors (Lipinski definition) is 2. The van der Waals surface area contributed by atoms with Crippen LogP contribution in [0.15, 0.2) is 24.3 Å². The standard InChI is InChI=1S/C19H22F3NO2/c20-19(21,22)16-9-7-13(8-10-16)17(24)15-6-3-11-23(12-15)18(25)14-4-1-2-5-14/h7-10,14-15H,1-6,11-12H2/t15-/m0/s1. The molecule has 0 radical (unpaired) electrons. The molecule has 25 heavy (non-hydrogen) atoms. The number of piperidine rings is 1. The van der Waals surface area contributed by atoms with Crippen molar-refractivity contribution in [3.63, 3.8) is 0 Å². The Labute approximate surface area is 145 Å². The zero-order chi connectivity index (χ0) is 18.0. The number of alkyl halides is 3. The Morgan fingerprint density at radius 1 is 0.920 bits per heavy atom. The van der Waals surface area contributed by atoms with Gasteiger partial charge in [-0.3, -0.25) is 9.59 Å². The Balaban J connectivity index is 1.66. The molecule has 0 spiro atoms. The minimum Gasteiger partial charge on any atom is -0.342 e. The van der Waals surface area contributed by atoms with Gasteiger partial charge in [0.25, 0.3) is 0 Å². The first-order valence-corrected chi connectivity index (χ1v) is 8.86. The fourth-order valence-corrected chi connectivity index (χ4v) is 3.88. The SMILES string of the molecule is O=C(c1ccc(C(F)(F)F)cc1)[C@H]1CCCN(C(=O)C2CCCC2)C1. The molecule has 1 amide bonds. The summed E-state index contributed by atoms with van der Waals surface area (Å²) in [6.45, 7) is 1.06. The summed E-state index contributed by atoms with van der Waals surface area (Å²) in [5, 5.41) is 0. The normalized spacial score (nSPS) is 22.2. The molecular weight excluding hydrogens is 331 g/mol. The van der Waals surface area contributed by atoms with Crippen molar-refractivity contribution in [2.24, 2.45) is 11.8 Å². The van der Waals surface area contributed by atoms with Crippen molar-refractivity contribution >= 4 is 11.7 Å². The van der Waals surface area contributed by atoms with Crippen LogP contribution in [0.3, 0.4) is 0 Å². The first-order chi connectivity index (χ1) is 11.9. The van der Waals surface area contributed by atoms with Crippen molar-refractivity contribution in [3.05, 3.63) is 35.4 Å². The number of ketones is 1. The van der Waals surface area contributed by atoms with Crippen molar-refractivity contribution < 1.29 is 22.8 Å². The Morgan fingerprint density at radius 2 is 1.52 bits per heavy atom. The van der Waals surface area contributed by atoms with Crippen molar-refractivity contribution in [1.82, 2.24) is 4.90 Å². The van der Waals surface area contributed by atoms with Crippen LogP contribution in [0.25, 0.3) is 0 Å². The third-order valence-electron chi connectivity index (χ3n) is 5.31. The maximum Gasteiger partial charge on any atom is 0.416 e. The molecule has 2 aliphatic rings. The first-order valence-electron chi connectivity index (χ1n) is 8.86. The number of carbonyl (C=O) groups excluding carboxylic acids is 2. The highest BCUT2D eigenvalue weighted by Gasteiger charge is 2.34. The van der Waals surface area contributed by atoms with Crippen LogP contribution in [0, 0.1) is 11.8 Å².